The Bertz CT molecular complexity index is 1050. The first kappa shape index (κ1) is 27.9. The molecule has 14 heteroatoms. The van der Waals surface area contributed by atoms with Gasteiger partial charge >= 0.3 is 11.9 Å². The molecule has 0 fully saturated rings. The molecule has 2 aromatic rings. The third-order valence-electron chi connectivity index (χ3n) is 5.05. The van der Waals surface area contributed by atoms with Gasteiger partial charge in [-0.25, -0.2) is 9.78 Å². The Kier molecular flexibility index (Phi) is 10.5. The van der Waals surface area contributed by atoms with Crippen molar-refractivity contribution in [3.8, 4) is 0 Å². The van der Waals surface area contributed by atoms with Gasteiger partial charge in [0.1, 0.15) is 24.2 Å². The first-order valence-electron chi connectivity index (χ1n) is 10.8. The Morgan fingerprint density at radius 1 is 0.889 bits per heavy atom. The van der Waals surface area contributed by atoms with E-state index in [4.69, 9.17) is 10.8 Å². The van der Waals surface area contributed by atoms with Gasteiger partial charge in [-0.2, -0.15) is 0 Å². The highest BCUT2D eigenvalue weighted by Crippen LogP contribution is 2.06. The second kappa shape index (κ2) is 13.6. The van der Waals surface area contributed by atoms with Crippen molar-refractivity contribution in [1.29, 1.82) is 0 Å². The number of imidazole rings is 1. The summed E-state index contributed by atoms with van der Waals surface area (Å²) < 4.78 is 0. The van der Waals surface area contributed by atoms with Crippen LogP contribution in [0.1, 0.15) is 17.7 Å². The van der Waals surface area contributed by atoms with Crippen molar-refractivity contribution in [1.82, 2.24) is 25.9 Å². The van der Waals surface area contributed by atoms with Crippen LogP contribution in [0, 0.1) is 0 Å². The van der Waals surface area contributed by atoms with Gasteiger partial charge in [-0.3, -0.25) is 19.2 Å². The normalized spacial score (nSPS) is 14.1. The molecule has 1 aromatic heterocycles. The lowest BCUT2D eigenvalue weighted by atomic mass is 10.0. The quantitative estimate of drug-likeness (QED) is 0.135. The number of hydrogen-bond acceptors (Lipinski definition) is 8. The predicted octanol–water partition coefficient (Wildman–Crippen LogP) is -2.47. The number of amides is 3. The van der Waals surface area contributed by atoms with Crippen molar-refractivity contribution in [2.24, 2.45) is 5.73 Å². The van der Waals surface area contributed by atoms with E-state index in [1.54, 1.807) is 30.3 Å². The van der Waals surface area contributed by atoms with Gasteiger partial charge in [0.05, 0.1) is 19.4 Å². The summed E-state index contributed by atoms with van der Waals surface area (Å²) in [6.45, 7) is -0.678. The number of aliphatic carboxylic acids is 2. The fraction of sp³-hybridized carbons (Fsp3) is 0.364. The summed E-state index contributed by atoms with van der Waals surface area (Å²) in [6.07, 6.45) is 1.64. The summed E-state index contributed by atoms with van der Waals surface area (Å²) in [4.78, 5) is 67.5. The molecule has 1 aromatic carbocycles. The maximum absolute atomic E-state index is 13.0. The fourth-order valence-electron chi connectivity index (χ4n) is 3.17. The molecule has 14 nitrogen and oxygen atoms in total. The Morgan fingerprint density at radius 2 is 1.50 bits per heavy atom. The van der Waals surface area contributed by atoms with Crippen LogP contribution in [0.5, 0.6) is 0 Å². The average Bonchev–Trinajstić information content (AvgIpc) is 3.35. The Morgan fingerprint density at radius 3 is 2.06 bits per heavy atom. The van der Waals surface area contributed by atoms with E-state index in [1.807, 2.05) is 0 Å². The summed E-state index contributed by atoms with van der Waals surface area (Å²) in [5.41, 5.74) is 6.56. The van der Waals surface area contributed by atoms with E-state index in [1.165, 1.54) is 12.5 Å². The van der Waals surface area contributed by atoms with Crippen molar-refractivity contribution in [2.45, 2.75) is 43.4 Å². The number of carbonyl (C=O) groups is 5. The molecule has 3 amide bonds. The number of aliphatic hydroxyl groups excluding tert-OH is 1. The maximum Gasteiger partial charge on any atom is 0.326 e. The molecule has 0 aliphatic rings. The highest BCUT2D eigenvalue weighted by Gasteiger charge is 2.32. The molecular weight excluding hydrogens is 476 g/mol. The van der Waals surface area contributed by atoms with Gasteiger partial charge in [0.15, 0.2) is 0 Å². The van der Waals surface area contributed by atoms with Gasteiger partial charge in [-0.1, -0.05) is 30.3 Å². The van der Waals surface area contributed by atoms with Crippen LogP contribution < -0.4 is 21.7 Å². The maximum atomic E-state index is 13.0. The van der Waals surface area contributed by atoms with Gasteiger partial charge in [0.25, 0.3) is 0 Å². The van der Waals surface area contributed by atoms with E-state index in [0.29, 0.717) is 11.3 Å². The molecule has 0 aliphatic carbocycles. The summed E-state index contributed by atoms with van der Waals surface area (Å²) in [7, 11) is 0. The van der Waals surface area contributed by atoms with Crippen molar-refractivity contribution in [3.05, 3.63) is 54.1 Å². The van der Waals surface area contributed by atoms with Crippen LogP contribution in [-0.4, -0.2) is 85.7 Å². The molecule has 0 radical (unpaired) electrons. The lowest BCUT2D eigenvalue weighted by Gasteiger charge is -2.24. The van der Waals surface area contributed by atoms with Gasteiger partial charge in [-0.05, 0) is 5.56 Å². The van der Waals surface area contributed by atoms with Crippen molar-refractivity contribution >= 4 is 29.7 Å². The van der Waals surface area contributed by atoms with Crippen LogP contribution in [-0.2, 0) is 36.8 Å². The second-order valence-corrected chi connectivity index (χ2v) is 7.88. The molecule has 4 atom stereocenters. The molecule has 194 valence electrons. The molecule has 4 unspecified atom stereocenters. The number of aromatic amines is 1. The summed E-state index contributed by atoms with van der Waals surface area (Å²) in [6, 6.07) is 2.85. The molecule has 1 heterocycles. The lowest BCUT2D eigenvalue weighted by molar-refractivity contribution is -0.143. The number of carbonyl (C=O) groups excluding carboxylic acids is 3. The molecule has 9 N–H and O–H groups in total. The third kappa shape index (κ3) is 8.81. The number of H-pyrrole nitrogens is 1. The summed E-state index contributed by atoms with van der Waals surface area (Å²) in [5.74, 6) is -5.60. The number of carboxylic acids is 2. The largest absolute Gasteiger partial charge is 0.481 e. The van der Waals surface area contributed by atoms with E-state index < -0.39 is 66.9 Å². The molecule has 0 saturated heterocycles. The molecular formula is C22H28N6O8. The van der Waals surface area contributed by atoms with Gasteiger partial charge in [0, 0.05) is 24.7 Å². The first-order chi connectivity index (χ1) is 17.1. The standard InChI is InChI=1S/C22H28N6O8/c23-14(10-29)19(32)26-15(6-12-4-2-1-3-5-12)20(33)27-16(8-18(30)31)21(34)28-17(22(35)36)7-13-9-24-11-25-13/h1-5,9,11,14-17,29H,6-8,10,23H2,(H,24,25)(H,26,32)(H,27,33)(H,28,34)(H,30,31)(H,35,36). The third-order valence-corrected chi connectivity index (χ3v) is 5.05. The van der Waals surface area contributed by atoms with Crippen molar-refractivity contribution < 1.29 is 39.3 Å². The van der Waals surface area contributed by atoms with Crippen LogP contribution in [0.15, 0.2) is 42.9 Å². The SMILES string of the molecule is NC(CO)C(=O)NC(Cc1ccccc1)C(=O)NC(CC(=O)O)C(=O)NC(Cc1cnc[nH]1)C(=O)O. The molecule has 0 saturated carbocycles. The van der Waals surface area contributed by atoms with Crippen LogP contribution in [0.25, 0.3) is 0 Å². The lowest BCUT2D eigenvalue weighted by Crippen LogP contribution is -2.58. The topological polar surface area (TPSA) is 237 Å². The van der Waals surface area contributed by atoms with E-state index in [-0.39, 0.29) is 12.8 Å². The number of hydrogen-bond donors (Lipinski definition) is 8. The molecule has 0 bridgehead atoms. The van der Waals surface area contributed by atoms with Gasteiger partial charge in [0.2, 0.25) is 17.7 Å². The van der Waals surface area contributed by atoms with E-state index in [2.05, 4.69) is 25.9 Å². The van der Waals surface area contributed by atoms with Crippen LogP contribution in [0.4, 0.5) is 0 Å². The zero-order valence-electron chi connectivity index (χ0n) is 19.1. The minimum absolute atomic E-state index is 0.0322. The number of nitrogens with zero attached hydrogens (tertiary/aromatic N) is 1. The van der Waals surface area contributed by atoms with Crippen molar-refractivity contribution in [3.63, 3.8) is 0 Å². The monoisotopic (exact) mass is 504 g/mol. The highest BCUT2D eigenvalue weighted by atomic mass is 16.4. The van der Waals surface area contributed by atoms with Crippen LogP contribution in [0.2, 0.25) is 0 Å². The van der Waals surface area contributed by atoms with E-state index >= 15 is 0 Å². The average molecular weight is 505 g/mol. The summed E-state index contributed by atoms with van der Waals surface area (Å²) >= 11 is 0. The number of nitrogens with two attached hydrogens (primary N) is 1. The van der Waals surface area contributed by atoms with Gasteiger partial charge in [-0.15, -0.1) is 0 Å². The number of carboxylic acid groups (broad SMARTS) is 2. The molecule has 0 aliphatic heterocycles. The zero-order chi connectivity index (χ0) is 26.7. The fourth-order valence-corrected chi connectivity index (χ4v) is 3.17. The summed E-state index contributed by atoms with van der Waals surface area (Å²) in [5, 5.41) is 34.7. The smallest absolute Gasteiger partial charge is 0.326 e. The number of benzene rings is 1. The predicted molar refractivity (Wildman–Crippen MR) is 123 cm³/mol. The Labute approximate surface area is 205 Å². The second-order valence-electron chi connectivity index (χ2n) is 7.88. The Balaban J connectivity index is 2.19. The number of rotatable bonds is 14. The Hall–Kier alpha value is -4.30. The first-order valence-corrected chi connectivity index (χ1v) is 10.8. The highest BCUT2D eigenvalue weighted by molar-refractivity contribution is 5.95. The number of aromatic nitrogens is 2. The van der Waals surface area contributed by atoms with E-state index in [9.17, 15) is 34.2 Å². The minimum atomic E-state index is -1.65. The van der Waals surface area contributed by atoms with Crippen LogP contribution in [0.3, 0.4) is 0 Å². The molecule has 2 rings (SSSR count). The molecule has 36 heavy (non-hydrogen) atoms. The van der Waals surface area contributed by atoms with E-state index in [0.717, 1.165) is 0 Å². The number of aliphatic hydroxyl groups is 1. The molecule has 0 spiro atoms. The zero-order valence-corrected chi connectivity index (χ0v) is 19.1. The number of nitrogens with one attached hydrogen (secondary N) is 4. The van der Waals surface area contributed by atoms with Crippen LogP contribution >= 0.6 is 0 Å². The van der Waals surface area contributed by atoms with Gasteiger partial charge < -0.3 is 42.0 Å². The van der Waals surface area contributed by atoms with Crippen molar-refractivity contribution in [2.75, 3.05) is 6.61 Å². The minimum Gasteiger partial charge on any atom is -0.481 e.